The van der Waals surface area contributed by atoms with E-state index in [0.717, 1.165) is 42.2 Å². The average molecular weight is 583 g/mol. The highest BCUT2D eigenvalue weighted by molar-refractivity contribution is 7.98. The van der Waals surface area contributed by atoms with Gasteiger partial charge in [0, 0.05) is 32.2 Å². The number of thiophene rings is 1. The van der Waals surface area contributed by atoms with Crippen molar-refractivity contribution in [2.24, 2.45) is 0 Å². The smallest absolute Gasteiger partial charge is 0.159 e. The van der Waals surface area contributed by atoms with Crippen LogP contribution in [0.1, 0.15) is 69.5 Å². The number of aromatic nitrogens is 1. The fraction of sp³-hybridized carbons (Fsp3) is 0.387. The summed E-state index contributed by atoms with van der Waals surface area (Å²) >= 11 is 3.42. The highest BCUT2D eigenvalue weighted by Crippen LogP contribution is 2.41. The summed E-state index contributed by atoms with van der Waals surface area (Å²) in [5.74, 6) is -1.07. The molecule has 0 aliphatic rings. The Hall–Kier alpha value is -2.07. The summed E-state index contributed by atoms with van der Waals surface area (Å²) in [7, 11) is -1.25. The van der Waals surface area contributed by atoms with Crippen LogP contribution < -0.4 is 4.72 Å². The summed E-state index contributed by atoms with van der Waals surface area (Å²) in [5.41, 5.74) is 4.19. The summed E-state index contributed by atoms with van der Waals surface area (Å²) in [6.45, 7) is 11.7. The molecule has 0 spiro atoms. The lowest BCUT2D eigenvalue weighted by Crippen LogP contribution is -2.36. The molecule has 0 aliphatic carbocycles. The van der Waals surface area contributed by atoms with Crippen molar-refractivity contribution in [1.29, 1.82) is 0 Å². The third-order valence-corrected chi connectivity index (χ3v) is 10.0. The first-order valence-corrected chi connectivity index (χ1v) is 16.2. The molecule has 0 radical (unpaired) electrons. The summed E-state index contributed by atoms with van der Waals surface area (Å²) in [6.07, 6.45) is 3.91. The molecule has 4 rings (SSSR count). The Bertz CT molecular complexity index is 1450. The molecule has 4 aromatic rings. The fourth-order valence-electron chi connectivity index (χ4n) is 4.22. The minimum absolute atomic E-state index is 0.0975. The molecule has 2 heterocycles. The molecular formula is C31H38N2O3S3. The third kappa shape index (κ3) is 7.37. The van der Waals surface area contributed by atoms with E-state index in [9.17, 15) is 9.32 Å². The number of aliphatic hydroxyl groups is 1. The third-order valence-electron chi connectivity index (χ3n) is 6.39. The maximum absolute atomic E-state index is 13.3. The lowest BCUT2D eigenvalue weighted by Gasteiger charge is -2.25. The van der Waals surface area contributed by atoms with Gasteiger partial charge in [-0.1, -0.05) is 43.3 Å². The maximum atomic E-state index is 13.3. The second-order valence-electron chi connectivity index (χ2n) is 11.2. The maximum Gasteiger partial charge on any atom is 0.159 e. The molecule has 0 saturated carbocycles. The van der Waals surface area contributed by atoms with Crippen molar-refractivity contribution < 1.29 is 14.1 Å². The summed E-state index contributed by atoms with van der Waals surface area (Å²) in [5, 5.41) is 11.1. The first-order valence-electron chi connectivity index (χ1n) is 13.0. The van der Waals surface area contributed by atoms with Crippen molar-refractivity contribution in [1.82, 2.24) is 9.71 Å². The Morgan fingerprint density at radius 1 is 1.08 bits per heavy atom. The van der Waals surface area contributed by atoms with Gasteiger partial charge in [-0.15, -0.1) is 23.1 Å². The Morgan fingerprint density at radius 3 is 2.51 bits per heavy atom. The van der Waals surface area contributed by atoms with E-state index in [4.69, 9.17) is 9.72 Å². The lowest BCUT2D eigenvalue weighted by atomic mass is 10.00. The number of thioether (sulfide) groups is 1. The van der Waals surface area contributed by atoms with Crippen LogP contribution >= 0.6 is 23.1 Å². The Kier molecular flexibility index (Phi) is 9.36. The molecule has 0 amide bonds. The van der Waals surface area contributed by atoms with E-state index >= 15 is 0 Å². The number of nitrogens with one attached hydrogen (secondary N) is 1. The molecule has 39 heavy (non-hydrogen) atoms. The van der Waals surface area contributed by atoms with Gasteiger partial charge in [-0.25, -0.2) is 8.93 Å². The molecule has 2 aromatic carbocycles. The van der Waals surface area contributed by atoms with Gasteiger partial charge in [0.25, 0.3) is 0 Å². The monoisotopic (exact) mass is 582 g/mol. The van der Waals surface area contributed by atoms with Gasteiger partial charge in [0.1, 0.15) is 0 Å². The Labute approximate surface area is 243 Å². The van der Waals surface area contributed by atoms with Crippen LogP contribution in [-0.4, -0.2) is 37.7 Å². The zero-order valence-electron chi connectivity index (χ0n) is 23.6. The standard InChI is InChI=1S/C31H38N2O3S3/c1-20(19-36-31(5,6)34)21-15-16-32-25(17-21)23-13-10-11-22-18-27(38-29(22)23)28(33-39(35)30(2,3)4)24-12-8-9-14-26(24)37-7/h8-18,20,28,33-34H,19H2,1-7H3. The minimum Gasteiger partial charge on any atom is -0.366 e. The molecule has 0 fully saturated rings. The Morgan fingerprint density at radius 2 is 1.82 bits per heavy atom. The predicted molar refractivity (Wildman–Crippen MR) is 167 cm³/mol. The number of nitrogens with zero attached hydrogens (tertiary/aromatic N) is 1. The van der Waals surface area contributed by atoms with Crippen LogP contribution in [0.15, 0.2) is 71.8 Å². The van der Waals surface area contributed by atoms with Crippen LogP contribution in [-0.2, 0) is 15.7 Å². The zero-order chi connectivity index (χ0) is 28.4. The summed E-state index contributed by atoms with van der Waals surface area (Å²) < 4.78 is 23.1. The van der Waals surface area contributed by atoms with Crippen molar-refractivity contribution in [2.75, 3.05) is 12.9 Å². The highest BCUT2D eigenvalue weighted by atomic mass is 32.2. The minimum atomic E-state index is -1.25. The normalized spacial score (nSPS) is 14.9. The highest BCUT2D eigenvalue weighted by Gasteiger charge is 2.27. The molecule has 5 nitrogen and oxygen atoms in total. The van der Waals surface area contributed by atoms with Crippen LogP contribution in [0, 0.1) is 0 Å². The van der Waals surface area contributed by atoms with Gasteiger partial charge in [-0.05, 0) is 81.7 Å². The number of benzene rings is 2. The molecular weight excluding hydrogens is 545 g/mol. The van der Waals surface area contributed by atoms with Crippen LogP contribution in [0.2, 0.25) is 0 Å². The van der Waals surface area contributed by atoms with Crippen LogP contribution in [0.3, 0.4) is 0 Å². The number of ether oxygens (including phenoxy) is 1. The molecule has 3 atom stereocenters. The van der Waals surface area contributed by atoms with Crippen molar-refractivity contribution in [3.8, 4) is 11.3 Å². The van der Waals surface area contributed by atoms with Gasteiger partial charge in [-0.2, -0.15) is 0 Å². The molecule has 8 heteroatoms. The summed E-state index contributed by atoms with van der Waals surface area (Å²) in [4.78, 5) is 6.99. The molecule has 0 bridgehead atoms. The largest absolute Gasteiger partial charge is 0.366 e. The second-order valence-corrected chi connectivity index (χ2v) is 15.1. The van der Waals surface area contributed by atoms with E-state index in [1.165, 1.54) is 0 Å². The van der Waals surface area contributed by atoms with Crippen LogP contribution in [0.25, 0.3) is 21.3 Å². The van der Waals surface area contributed by atoms with E-state index in [1.54, 1.807) is 36.9 Å². The van der Waals surface area contributed by atoms with Gasteiger partial charge < -0.3 is 9.84 Å². The topological polar surface area (TPSA) is 71.5 Å². The zero-order valence-corrected chi connectivity index (χ0v) is 26.1. The number of pyridine rings is 1. The molecule has 3 unspecified atom stereocenters. The SMILES string of the molecule is CSc1ccccc1C(NS(=O)C(C)(C)C)c1cc2cccc(-c3cc(C(C)COC(C)(C)O)ccn3)c2s1. The number of hydrogen-bond donors (Lipinski definition) is 2. The van der Waals surface area contributed by atoms with Gasteiger partial charge >= 0.3 is 0 Å². The second kappa shape index (κ2) is 12.2. The number of hydrogen-bond acceptors (Lipinski definition) is 6. The molecule has 2 N–H and O–H groups in total. The van der Waals surface area contributed by atoms with E-state index in [-0.39, 0.29) is 12.0 Å². The van der Waals surface area contributed by atoms with E-state index in [1.807, 2.05) is 45.2 Å². The Balaban J connectivity index is 1.76. The molecule has 0 saturated heterocycles. The quantitative estimate of drug-likeness (QED) is 0.148. The van der Waals surface area contributed by atoms with Gasteiger partial charge in [-0.3, -0.25) is 4.98 Å². The number of fused-ring (bicyclic) bond motifs is 1. The van der Waals surface area contributed by atoms with E-state index in [0.29, 0.717) is 6.61 Å². The first kappa shape index (κ1) is 29.9. The molecule has 0 aliphatic heterocycles. The molecule has 208 valence electrons. The number of rotatable bonds is 10. The van der Waals surface area contributed by atoms with E-state index < -0.39 is 21.5 Å². The van der Waals surface area contributed by atoms with Crippen molar-refractivity contribution in [3.63, 3.8) is 0 Å². The molecule has 2 aromatic heterocycles. The lowest BCUT2D eigenvalue weighted by molar-refractivity contribution is -0.178. The fourth-order valence-corrected chi connectivity index (χ4v) is 7.00. The predicted octanol–water partition coefficient (Wildman–Crippen LogP) is 7.67. The van der Waals surface area contributed by atoms with Crippen molar-refractivity contribution >= 4 is 44.2 Å². The van der Waals surface area contributed by atoms with Gasteiger partial charge in [0.15, 0.2) is 5.79 Å². The van der Waals surface area contributed by atoms with Crippen molar-refractivity contribution in [2.45, 2.75) is 68.9 Å². The van der Waals surface area contributed by atoms with E-state index in [2.05, 4.69) is 60.4 Å². The summed E-state index contributed by atoms with van der Waals surface area (Å²) in [6, 6.07) is 20.7. The van der Waals surface area contributed by atoms with Crippen LogP contribution in [0.4, 0.5) is 0 Å². The first-order chi connectivity index (χ1) is 18.4. The van der Waals surface area contributed by atoms with Crippen LogP contribution in [0.5, 0.6) is 0 Å². The average Bonchev–Trinajstić information content (AvgIpc) is 3.33. The van der Waals surface area contributed by atoms with Gasteiger partial charge in [0.2, 0.25) is 0 Å². The van der Waals surface area contributed by atoms with Gasteiger partial charge in [0.05, 0.1) is 34.1 Å². The van der Waals surface area contributed by atoms with Crippen molar-refractivity contribution in [3.05, 3.63) is 82.9 Å².